The summed E-state index contributed by atoms with van der Waals surface area (Å²) in [4.78, 5) is 38.0. The summed E-state index contributed by atoms with van der Waals surface area (Å²) in [6, 6.07) is 4.03. The Bertz CT molecular complexity index is 731. The van der Waals surface area contributed by atoms with Gasteiger partial charge in [-0.3, -0.25) is 9.59 Å². The van der Waals surface area contributed by atoms with Crippen molar-refractivity contribution in [1.29, 1.82) is 0 Å². The third kappa shape index (κ3) is 3.81. The number of carbonyl (C=O) groups is 3. The fourth-order valence-corrected chi connectivity index (χ4v) is 3.50. The maximum Gasteiger partial charge on any atom is 0.330 e. The van der Waals surface area contributed by atoms with Crippen LogP contribution in [-0.2, 0) is 20.8 Å². The van der Waals surface area contributed by atoms with Crippen molar-refractivity contribution < 1.29 is 24.2 Å². The second-order valence-corrected chi connectivity index (χ2v) is 7.34. The molecule has 2 N–H and O–H groups in total. The van der Waals surface area contributed by atoms with Gasteiger partial charge in [-0.15, -0.1) is 0 Å². The van der Waals surface area contributed by atoms with Crippen LogP contribution in [0.15, 0.2) is 18.2 Å². The van der Waals surface area contributed by atoms with E-state index >= 15 is 0 Å². The number of ether oxygens (including phenoxy) is 1. The highest BCUT2D eigenvalue weighted by Gasteiger charge is 2.36. The van der Waals surface area contributed by atoms with Crippen molar-refractivity contribution in [2.45, 2.75) is 32.7 Å². The first-order valence-electron chi connectivity index (χ1n) is 8.91. The molecular formula is C19H24N2O5. The summed E-state index contributed by atoms with van der Waals surface area (Å²) in [6.45, 7) is 5.55. The second kappa shape index (κ2) is 7.35. The van der Waals surface area contributed by atoms with Crippen LogP contribution in [-0.4, -0.2) is 47.5 Å². The molecule has 2 atom stereocenters. The zero-order valence-corrected chi connectivity index (χ0v) is 15.0. The van der Waals surface area contributed by atoms with Crippen LogP contribution < -0.4 is 10.1 Å². The molecule has 2 amide bonds. The van der Waals surface area contributed by atoms with Crippen LogP contribution in [0.4, 0.5) is 0 Å². The minimum Gasteiger partial charge on any atom is -0.493 e. The van der Waals surface area contributed by atoms with E-state index in [0.717, 1.165) is 17.7 Å². The summed E-state index contributed by atoms with van der Waals surface area (Å²) in [5.74, 6) is -1.01. The number of fused-ring (bicyclic) bond motifs is 1. The Morgan fingerprint density at radius 3 is 2.85 bits per heavy atom. The van der Waals surface area contributed by atoms with E-state index in [1.165, 1.54) is 0 Å². The van der Waals surface area contributed by atoms with E-state index in [2.05, 4.69) is 5.32 Å². The van der Waals surface area contributed by atoms with Crippen molar-refractivity contribution >= 4 is 17.8 Å². The van der Waals surface area contributed by atoms with Gasteiger partial charge in [-0.1, -0.05) is 19.9 Å². The molecule has 2 heterocycles. The average Bonchev–Trinajstić information content (AvgIpc) is 3.18. The van der Waals surface area contributed by atoms with E-state index in [0.29, 0.717) is 31.2 Å². The van der Waals surface area contributed by atoms with Crippen molar-refractivity contribution in [3.63, 3.8) is 0 Å². The van der Waals surface area contributed by atoms with Crippen LogP contribution in [0.2, 0.25) is 0 Å². The minimum atomic E-state index is -1.14. The quantitative estimate of drug-likeness (QED) is 0.799. The molecule has 2 unspecified atom stereocenters. The highest BCUT2D eigenvalue weighted by molar-refractivity contribution is 5.91. The van der Waals surface area contributed by atoms with Gasteiger partial charge in [-0.25, -0.2) is 4.79 Å². The number of hydrogen-bond donors (Lipinski definition) is 2. The molecular weight excluding hydrogens is 336 g/mol. The number of hydrogen-bond acceptors (Lipinski definition) is 4. The number of aliphatic carboxylic acids is 1. The lowest BCUT2D eigenvalue weighted by atomic mass is 10.0. The molecule has 1 saturated heterocycles. The number of amides is 2. The van der Waals surface area contributed by atoms with E-state index in [9.17, 15) is 19.5 Å². The first-order chi connectivity index (χ1) is 12.3. The Morgan fingerprint density at radius 1 is 1.38 bits per heavy atom. The molecule has 0 spiro atoms. The molecule has 7 heteroatoms. The Kier molecular flexibility index (Phi) is 5.15. The molecule has 140 valence electrons. The maximum absolute atomic E-state index is 12.6. The number of carbonyl (C=O) groups excluding carboxylic acids is 2. The van der Waals surface area contributed by atoms with Crippen LogP contribution in [0.3, 0.4) is 0 Å². The van der Waals surface area contributed by atoms with Gasteiger partial charge < -0.3 is 20.1 Å². The predicted molar refractivity (Wildman–Crippen MR) is 93.7 cm³/mol. The monoisotopic (exact) mass is 360 g/mol. The fourth-order valence-electron chi connectivity index (χ4n) is 3.50. The van der Waals surface area contributed by atoms with E-state index < -0.39 is 23.8 Å². The van der Waals surface area contributed by atoms with Gasteiger partial charge in [0, 0.05) is 25.9 Å². The Balaban J connectivity index is 1.70. The minimum absolute atomic E-state index is 0.0552. The summed E-state index contributed by atoms with van der Waals surface area (Å²) < 4.78 is 5.43. The molecule has 0 saturated carbocycles. The highest BCUT2D eigenvalue weighted by atomic mass is 16.5. The van der Waals surface area contributed by atoms with Gasteiger partial charge in [-0.05, 0) is 29.2 Å². The van der Waals surface area contributed by atoms with Crippen LogP contribution in [0.5, 0.6) is 5.75 Å². The third-order valence-electron chi connectivity index (χ3n) is 4.75. The molecule has 0 radical (unpaired) electrons. The Labute approximate surface area is 152 Å². The van der Waals surface area contributed by atoms with E-state index in [-0.39, 0.29) is 12.3 Å². The average molecular weight is 360 g/mol. The molecule has 7 nitrogen and oxygen atoms in total. The predicted octanol–water partition coefficient (Wildman–Crippen LogP) is 1.37. The number of benzene rings is 1. The largest absolute Gasteiger partial charge is 0.493 e. The topological polar surface area (TPSA) is 95.9 Å². The van der Waals surface area contributed by atoms with Crippen LogP contribution >= 0.6 is 0 Å². The molecule has 2 aliphatic heterocycles. The van der Waals surface area contributed by atoms with Crippen molar-refractivity contribution in [3.05, 3.63) is 29.3 Å². The van der Waals surface area contributed by atoms with Gasteiger partial charge in [0.15, 0.2) is 6.04 Å². The van der Waals surface area contributed by atoms with Gasteiger partial charge in [-0.2, -0.15) is 0 Å². The van der Waals surface area contributed by atoms with Crippen molar-refractivity contribution in [2.24, 2.45) is 11.8 Å². The van der Waals surface area contributed by atoms with Gasteiger partial charge >= 0.3 is 5.97 Å². The molecule has 26 heavy (non-hydrogen) atoms. The number of carboxylic acids is 1. The molecule has 0 bridgehead atoms. The number of nitrogens with zero attached hydrogens (tertiary/aromatic N) is 1. The first-order valence-corrected chi connectivity index (χ1v) is 8.91. The molecule has 1 fully saturated rings. The van der Waals surface area contributed by atoms with Crippen molar-refractivity contribution in [2.75, 3.05) is 19.7 Å². The molecule has 0 aromatic heterocycles. The van der Waals surface area contributed by atoms with Gasteiger partial charge in [0.05, 0.1) is 12.5 Å². The van der Waals surface area contributed by atoms with Gasteiger partial charge in [0.2, 0.25) is 11.8 Å². The van der Waals surface area contributed by atoms with Crippen LogP contribution in [0.25, 0.3) is 0 Å². The van der Waals surface area contributed by atoms with Crippen molar-refractivity contribution in [3.8, 4) is 5.75 Å². The van der Waals surface area contributed by atoms with E-state index in [1.807, 2.05) is 13.8 Å². The number of likely N-dealkylation sites (tertiary alicyclic amines) is 1. The molecule has 1 aromatic rings. The number of carboxylic acid groups (broad SMARTS) is 1. The maximum atomic E-state index is 12.6. The number of rotatable bonds is 6. The summed E-state index contributed by atoms with van der Waals surface area (Å²) in [6.07, 6.45) is 0.855. The van der Waals surface area contributed by atoms with Crippen molar-refractivity contribution in [1.82, 2.24) is 10.2 Å². The lowest BCUT2D eigenvalue weighted by molar-refractivity contribution is -0.142. The normalized spacial score (nSPS) is 20.0. The van der Waals surface area contributed by atoms with E-state index in [4.69, 9.17) is 4.74 Å². The molecule has 2 aliphatic rings. The zero-order chi connectivity index (χ0) is 18.8. The number of nitrogens with one attached hydrogen (secondary N) is 1. The zero-order valence-electron chi connectivity index (χ0n) is 15.0. The Hall–Kier alpha value is -2.57. The SMILES string of the molecule is CC(C)CN1CC(C(=O)NC(C(=O)O)c2ccc3c(c2)CCO3)CC1=O. The molecule has 3 rings (SSSR count). The van der Waals surface area contributed by atoms with Crippen LogP contribution in [0.1, 0.15) is 37.4 Å². The lowest BCUT2D eigenvalue weighted by Crippen LogP contribution is -2.39. The summed E-state index contributed by atoms with van der Waals surface area (Å²) in [5, 5.41) is 12.2. The molecule has 0 aliphatic carbocycles. The Morgan fingerprint density at radius 2 is 2.15 bits per heavy atom. The highest BCUT2D eigenvalue weighted by Crippen LogP contribution is 2.29. The summed E-state index contributed by atoms with van der Waals surface area (Å²) in [5.41, 5.74) is 1.46. The standard InChI is InChI=1S/C19H24N2O5/c1-11(2)9-21-10-14(8-16(21)22)18(23)20-17(19(24)25)13-3-4-15-12(7-13)5-6-26-15/h3-4,7,11,14,17H,5-6,8-10H2,1-2H3,(H,20,23)(H,24,25). The van der Waals surface area contributed by atoms with Gasteiger partial charge in [0.1, 0.15) is 5.75 Å². The third-order valence-corrected chi connectivity index (χ3v) is 4.75. The smallest absolute Gasteiger partial charge is 0.330 e. The van der Waals surface area contributed by atoms with E-state index in [1.54, 1.807) is 23.1 Å². The fraction of sp³-hybridized carbons (Fsp3) is 0.526. The molecule has 1 aromatic carbocycles. The second-order valence-electron chi connectivity index (χ2n) is 7.34. The first kappa shape index (κ1) is 18.2. The summed E-state index contributed by atoms with van der Waals surface area (Å²) >= 11 is 0. The lowest BCUT2D eigenvalue weighted by Gasteiger charge is -2.20. The summed E-state index contributed by atoms with van der Waals surface area (Å²) in [7, 11) is 0. The van der Waals surface area contributed by atoms with Gasteiger partial charge in [0.25, 0.3) is 0 Å². The van der Waals surface area contributed by atoms with Crippen LogP contribution in [0, 0.1) is 11.8 Å².